The maximum absolute atomic E-state index is 5.84. The van der Waals surface area contributed by atoms with Crippen LogP contribution in [0.4, 0.5) is 0 Å². The summed E-state index contributed by atoms with van der Waals surface area (Å²) in [6, 6.07) is 11.5. The van der Waals surface area contributed by atoms with Gasteiger partial charge in [0.25, 0.3) is 0 Å². The van der Waals surface area contributed by atoms with Crippen LogP contribution < -0.4 is 14.8 Å². The summed E-state index contributed by atoms with van der Waals surface area (Å²) < 4.78 is 10.9. The van der Waals surface area contributed by atoms with Gasteiger partial charge < -0.3 is 14.8 Å². The summed E-state index contributed by atoms with van der Waals surface area (Å²) in [6.45, 7) is 0.762. The number of ether oxygens (including phenoxy) is 2. The van der Waals surface area contributed by atoms with Crippen LogP contribution in [0, 0.1) is 0 Å². The molecule has 0 amide bonds. The molecule has 0 saturated carbocycles. The van der Waals surface area contributed by atoms with E-state index in [2.05, 4.69) is 10.3 Å². The average molecular weight is 244 g/mol. The molecule has 1 aromatic carbocycles. The summed E-state index contributed by atoms with van der Waals surface area (Å²) in [6.07, 6.45) is 1.66. The Labute approximate surface area is 107 Å². The Morgan fingerprint density at radius 3 is 2.83 bits per heavy atom. The Balaban J connectivity index is 2.22. The second kappa shape index (κ2) is 6.02. The van der Waals surface area contributed by atoms with Crippen molar-refractivity contribution in [2.75, 3.05) is 14.2 Å². The van der Waals surface area contributed by atoms with E-state index in [-0.39, 0.29) is 0 Å². The molecule has 1 aromatic heterocycles. The summed E-state index contributed by atoms with van der Waals surface area (Å²) in [5.74, 6) is 2.09. The Morgan fingerprint density at radius 2 is 2.06 bits per heavy atom. The first kappa shape index (κ1) is 12.4. The van der Waals surface area contributed by atoms with Gasteiger partial charge in [-0.3, -0.25) is 0 Å². The van der Waals surface area contributed by atoms with Crippen molar-refractivity contribution >= 4 is 0 Å². The smallest absolute Gasteiger partial charge is 0.216 e. The number of nitrogens with one attached hydrogen (secondary N) is 1. The standard InChI is InChI=1S/C14H16N2O2/c1-15-10-11-5-3-4-6-13(11)18-12-7-8-16-14(9-12)17-2/h3-9,15H,10H2,1-2H3. The Morgan fingerprint density at radius 1 is 1.22 bits per heavy atom. The van der Waals surface area contributed by atoms with Crippen molar-refractivity contribution in [1.29, 1.82) is 0 Å². The predicted octanol–water partition coefficient (Wildman–Crippen LogP) is 2.60. The van der Waals surface area contributed by atoms with Gasteiger partial charge in [-0.05, 0) is 19.2 Å². The lowest BCUT2D eigenvalue weighted by Crippen LogP contribution is -2.06. The number of pyridine rings is 1. The number of para-hydroxylation sites is 1. The van der Waals surface area contributed by atoms with Crippen molar-refractivity contribution in [2.24, 2.45) is 0 Å². The van der Waals surface area contributed by atoms with Crippen molar-refractivity contribution in [3.8, 4) is 17.4 Å². The zero-order chi connectivity index (χ0) is 12.8. The molecule has 0 spiro atoms. The van der Waals surface area contributed by atoms with Gasteiger partial charge in [0.05, 0.1) is 7.11 Å². The molecule has 1 N–H and O–H groups in total. The van der Waals surface area contributed by atoms with Crippen LogP contribution in [-0.4, -0.2) is 19.1 Å². The number of nitrogens with zero attached hydrogens (tertiary/aromatic N) is 1. The fourth-order valence-electron chi connectivity index (χ4n) is 1.63. The monoisotopic (exact) mass is 244 g/mol. The fourth-order valence-corrected chi connectivity index (χ4v) is 1.63. The van der Waals surface area contributed by atoms with Gasteiger partial charge in [-0.15, -0.1) is 0 Å². The van der Waals surface area contributed by atoms with Gasteiger partial charge in [-0.2, -0.15) is 0 Å². The highest BCUT2D eigenvalue weighted by Crippen LogP contribution is 2.26. The van der Waals surface area contributed by atoms with Crippen molar-refractivity contribution in [1.82, 2.24) is 10.3 Å². The van der Waals surface area contributed by atoms with Crippen molar-refractivity contribution in [2.45, 2.75) is 6.54 Å². The first-order valence-corrected chi connectivity index (χ1v) is 5.74. The van der Waals surface area contributed by atoms with E-state index < -0.39 is 0 Å². The Kier molecular flexibility index (Phi) is 4.15. The van der Waals surface area contributed by atoms with Gasteiger partial charge in [0, 0.05) is 24.4 Å². The molecule has 0 radical (unpaired) electrons. The van der Waals surface area contributed by atoms with Gasteiger partial charge in [0.15, 0.2) is 0 Å². The summed E-state index contributed by atoms with van der Waals surface area (Å²) in [5, 5.41) is 3.12. The Hall–Kier alpha value is -2.07. The third-order valence-corrected chi connectivity index (χ3v) is 2.48. The van der Waals surface area contributed by atoms with Crippen molar-refractivity contribution in [3.05, 3.63) is 48.2 Å². The summed E-state index contributed by atoms with van der Waals surface area (Å²) in [7, 11) is 3.49. The lowest BCUT2D eigenvalue weighted by molar-refractivity contribution is 0.392. The van der Waals surface area contributed by atoms with Gasteiger partial charge in [-0.25, -0.2) is 4.98 Å². The van der Waals surface area contributed by atoms with E-state index in [1.54, 1.807) is 25.4 Å². The van der Waals surface area contributed by atoms with E-state index in [1.807, 2.05) is 31.3 Å². The van der Waals surface area contributed by atoms with Crippen LogP contribution in [0.2, 0.25) is 0 Å². The van der Waals surface area contributed by atoms with Crippen LogP contribution in [0.25, 0.3) is 0 Å². The molecular formula is C14H16N2O2. The van der Waals surface area contributed by atoms with Crippen LogP contribution in [-0.2, 0) is 6.54 Å². The van der Waals surface area contributed by atoms with Crippen molar-refractivity contribution < 1.29 is 9.47 Å². The molecule has 0 fully saturated rings. The number of rotatable bonds is 5. The molecule has 0 aliphatic rings. The third kappa shape index (κ3) is 2.99. The largest absolute Gasteiger partial charge is 0.481 e. The molecule has 4 nitrogen and oxygen atoms in total. The van der Waals surface area contributed by atoms with E-state index in [9.17, 15) is 0 Å². The molecule has 0 atom stereocenters. The zero-order valence-electron chi connectivity index (χ0n) is 10.5. The van der Waals surface area contributed by atoms with Crippen LogP contribution in [0.5, 0.6) is 17.4 Å². The van der Waals surface area contributed by atoms with E-state index >= 15 is 0 Å². The summed E-state index contributed by atoms with van der Waals surface area (Å²) in [4.78, 5) is 4.04. The molecule has 2 rings (SSSR count). The highest BCUT2D eigenvalue weighted by atomic mass is 16.5. The number of methoxy groups -OCH3 is 1. The first-order valence-electron chi connectivity index (χ1n) is 5.74. The second-order valence-electron chi connectivity index (χ2n) is 3.77. The van der Waals surface area contributed by atoms with Crippen LogP contribution in [0.1, 0.15) is 5.56 Å². The molecule has 2 aromatic rings. The molecule has 0 saturated heterocycles. The minimum Gasteiger partial charge on any atom is -0.481 e. The number of aromatic nitrogens is 1. The summed E-state index contributed by atoms with van der Waals surface area (Å²) >= 11 is 0. The molecule has 18 heavy (non-hydrogen) atoms. The molecular weight excluding hydrogens is 228 g/mol. The van der Waals surface area contributed by atoms with Crippen LogP contribution in [0.15, 0.2) is 42.6 Å². The summed E-state index contributed by atoms with van der Waals surface area (Å²) in [5.41, 5.74) is 1.11. The second-order valence-corrected chi connectivity index (χ2v) is 3.77. The molecule has 94 valence electrons. The Bertz CT molecular complexity index is 515. The lowest BCUT2D eigenvalue weighted by atomic mass is 10.2. The predicted molar refractivity (Wildman–Crippen MR) is 70.1 cm³/mol. The molecule has 1 heterocycles. The molecule has 0 bridgehead atoms. The maximum Gasteiger partial charge on any atom is 0.216 e. The van der Waals surface area contributed by atoms with Crippen molar-refractivity contribution in [3.63, 3.8) is 0 Å². The van der Waals surface area contributed by atoms with E-state index in [4.69, 9.17) is 9.47 Å². The molecule has 0 aliphatic carbocycles. The van der Waals surface area contributed by atoms with Gasteiger partial charge in [-0.1, -0.05) is 18.2 Å². The number of benzene rings is 1. The highest BCUT2D eigenvalue weighted by molar-refractivity contribution is 5.38. The van der Waals surface area contributed by atoms with E-state index in [0.717, 1.165) is 17.9 Å². The van der Waals surface area contributed by atoms with E-state index in [0.29, 0.717) is 11.6 Å². The lowest BCUT2D eigenvalue weighted by Gasteiger charge is -2.11. The molecule has 0 unspecified atom stereocenters. The van der Waals surface area contributed by atoms with Crippen LogP contribution >= 0.6 is 0 Å². The van der Waals surface area contributed by atoms with E-state index in [1.165, 1.54) is 0 Å². The fraction of sp³-hybridized carbons (Fsp3) is 0.214. The average Bonchev–Trinajstić information content (AvgIpc) is 2.41. The highest BCUT2D eigenvalue weighted by Gasteiger charge is 2.04. The minimum atomic E-state index is 0.540. The normalized spacial score (nSPS) is 10.1. The van der Waals surface area contributed by atoms with Gasteiger partial charge in [0.1, 0.15) is 11.5 Å². The van der Waals surface area contributed by atoms with Gasteiger partial charge in [0.2, 0.25) is 5.88 Å². The SMILES string of the molecule is CNCc1ccccc1Oc1ccnc(OC)c1. The molecule has 0 aliphatic heterocycles. The quantitative estimate of drug-likeness (QED) is 0.878. The van der Waals surface area contributed by atoms with Gasteiger partial charge >= 0.3 is 0 Å². The zero-order valence-corrected chi connectivity index (χ0v) is 10.5. The van der Waals surface area contributed by atoms with Crippen LogP contribution in [0.3, 0.4) is 0 Å². The topological polar surface area (TPSA) is 43.4 Å². The first-order chi connectivity index (χ1) is 8.83. The minimum absolute atomic E-state index is 0.540. The molecule has 4 heteroatoms. The third-order valence-electron chi connectivity index (χ3n) is 2.48. The maximum atomic E-state index is 5.84. The number of hydrogen-bond acceptors (Lipinski definition) is 4. The number of hydrogen-bond donors (Lipinski definition) is 1.